The number of hydrogen-bond donors (Lipinski definition) is 2. The van der Waals surface area contributed by atoms with Crippen LogP contribution in [0.4, 0.5) is 0 Å². The molecule has 0 heterocycles. The number of hydrogen-bond acceptors (Lipinski definition) is 3. The predicted octanol–water partition coefficient (Wildman–Crippen LogP) is 0.412. The molecule has 0 bridgehead atoms. The van der Waals surface area contributed by atoms with Gasteiger partial charge in [0, 0.05) is 12.6 Å². The largest absolute Gasteiger partial charge is 0.369 e. The lowest BCUT2D eigenvalue weighted by Gasteiger charge is -2.27. The van der Waals surface area contributed by atoms with Crippen LogP contribution in [0.25, 0.3) is 0 Å². The molecular formula is C12H19N3O. The second-order valence-electron chi connectivity index (χ2n) is 3.99. The number of nitrogens with two attached hydrogens (primary N) is 2. The standard InChI is InChI=1S/C12H19N3O/c1-9-5-3-4-6-10(9)11(7-13)15(2)8-12(14)16/h3-6,11H,7-8,13H2,1-2H3,(H2,14,16). The molecule has 4 N–H and O–H groups in total. The number of primary amides is 1. The van der Waals surface area contributed by atoms with Gasteiger partial charge in [-0.25, -0.2) is 0 Å². The smallest absolute Gasteiger partial charge is 0.231 e. The van der Waals surface area contributed by atoms with E-state index in [1.54, 1.807) is 0 Å². The molecule has 0 aliphatic heterocycles. The average Bonchev–Trinajstić information content (AvgIpc) is 2.20. The van der Waals surface area contributed by atoms with Gasteiger partial charge in [-0.3, -0.25) is 9.69 Å². The van der Waals surface area contributed by atoms with Gasteiger partial charge in [0.2, 0.25) is 5.91 Å². The molecule has 0 aromatic heterocycles. The summed E-state index contributed by atoms with van der Waals surface area (Å²) in [4.78, 5) is 12.8. The van der Waals surface area contributed by atoms with Crippen LogP contribution in [0.3, 0.4) is 0 Å². The molecule has 1 unspecified atom stereocenters. The molecule has 1 aromatic rings. The molecule has 88 valence electrons. The first-order chi connectivity index (χ1) is 7.56. The molecule has 0 radical (unpaired) electrons. The van der Waals surface area contributed by atoms with Crippen LogP contribution in [-0.2, 0) is 4.79 Å². The Bertz CT molecular complexity index is 365. The van der Waals surface area contributed by atoms with Crippen molar-refractivity contribution in [3.8, 4) is 0 Å². The third kappa shape index (κ3) is 3.05. The van der Waals surface area contributed by atoms with Gasteiger partial charge in [-0.15, -0.1) is 0 Å². The minimum atomic E-state index is -0.338. The topological polar surface area (TPSA) is 72.3 Å². The van der Waals surface area contributed by atoms with Gasteiger partial charge in [-0.2, -0.15) is 0 Å². The Hall–Kier alpha value is -1.39. The molecule has 4 heteroatoms. The first kappa shape index (κ1) is 12.7. The van der Waals surface area contributed by atoms with Crippen LogP contribution in [0.5, 0.6) is 0 Å². The second-order valence-corrected chi connectivity index (χ2v) is 3.99. The van der Waals surface area contributed by atoms with E-state index in [0.29, 0.717) is 6.54 Å². The first-order valence-corrected chi connectivity index (χ1v) is 5.30. The van der Waals surface area contributed by atoms with Crippen molar-refractivity contribution in [2.45, 2.75) is 13.0 Å². The monoisotopic (exact) mass is 221 g/mol. The highest BCUT2D eigenvalue weighted by Gasteiger charge is 2.18. The van der Waals surface area contributed by atoms with Gasteiger partial charge in [0.05, 0.1) is 6.54 Å². The van der Waals surface area contributed by atoms with E-state index in [-0.39, 0.29) is 18.5 Å². The van der Waals surface area contributed by atoms with Crippen molar-refractivity contribution in [2.24, 2.45) is 11.5 Å². The highest BCUT2D eigenvalue weighted by molar-refractivity contribution is 5.75. The van der Waals surface area contributed by atoms with Crippen LogP contribution >= 0.6 is 0 Å². The Balaban J connectivity index is 2.90. The number of nitrogens with zero attached hydrogens (tertiary/aromatic N) is 1. The van der Waals surface area contributed by atoms with Gasteiger partial charge in [0.25, 0.3) is 0 Å². The van der Waals surface area contributed by atoms with E-state index in [2.05, 4.69) is 0 Å². The van der Waals surface area contributed by atoms with Crippen molar-refractivity contribution in [1.29, 1.82) is 0 Å². The molecule has 16 heavy (non-hydrogen) atoms. The molecule has 0 saturated heterocycles. The fourth-order valence-corrected chi connectivity index (χ4v) is 1.86. The Morgan fingerprint density at radius 3 is 2.56 bits per heavy atom. The van der Waals surface area contributed by atoms with E-state index >= 15 is 0 Å². The van der Waals surface area contributed by atoms with Crippen molar-refractivity contribution in [1.82, 2.24) is 4.90 Å². The van der Waals surface area contributed by atoms with Gasteiger partial charge in [0.1, 0.15) is 0 Å². The minimum Gasteiger partial charge on any atom is -0.369 e. The summed E-state index contributed by atoms with van der Waals surface area (Å²) in [6.45, 7) is 2.72. The van der Waals surface area contributed by atoms with Crippen LogP contribution in [-0.4, -0.2) is 30.9 Å². The third-order valence-electron chi connectivity index (χ3n) is 2.71. The summed E-state index contributed by atoms with van der Waals surface area (Å²) in [5, 5.41) is 0. The van der Waals surface area contributed by atoms with E-state index in [1.165, 1.54) is 5.56 Å². The van der Waals surface area contributed by atoms with Gasteiger partial charge in [0.15, 0.2) is 0 Å². The Labute approximate surface area is 96.2 Å². The Morgan fingerprint density at radius 1 is 1.44 bits per heavy atom. The summed E-state index contributed by atoms with van der Waals surface area (Å²) in [5.41, 5.74) is 13.3. The first-order valence-electron chi connectivity index (χ1n) is 5.30. The lowest BCUT2D eigenvalue weighted by molar-refractivity contribution is -0.119. The molecular weight excluding hydrogens is 202 g/mol. The van der Waals surface area contributed by atoms with E-state index in [4.69, 9.17) is 11.5 Å². The molecule has 4 nitrogen and oxygen atoms in total. The summed E-state index contributed by atoms with van der Waals surface area (Å²) in [6, 6.07) is 8.07. The SMILES string of the molecule is Cc1ccccc1C(CN)N(C)CC(N)=O. The molecule has 1 atom stereocenters. The number of likely N-dealkylation sites (N-methyl/N-ethyl adjacent to an activating group) is 1. The number of rotatable bonds is 5. The molecule has 0 aliphatic carbocycles. The highest BCUT2D eigenvalue weighted by atomic mass is 16.1. The average molecular weight is 221 g/mol. The minimum absolute atomic E-state index is 0.0358. The van der Waals surface area contributed by atoms with Crippen molar-refractivity contribution in [3.05, 3.63) is 35.4 Å². The maximum atomic E-state index is 10.9. The normalized spacial score (nSPS) is 12.8. The summed E-state index contributed by atoms with van der Waals surface area (Å²) in [6.07, 6.45) is 0. The fraction of sp³-hybridized carbons (Fsp3) is 0.417. The maximum Gasteiger partial charge on any atom is 0.231 e. The second kappa shape index (κ2) is 5.63. The van der Waals surface area contributed by atoms with Crippen molar-refractivity contribution < 1.29 is 4.79 Å². The van der Waals surface area contributed by atoms with Gasteiger partial charge in [-0.05, 0) is 25.1 Å². The molecule has 0 spiro atoms. The van der Waals surface area contributed by atoms with Crippen LogP contribution < -0.4 is 11.5 Å². The van der Waals surface area contributed by atoms with Crippen LogP contribution in [0.2, 0.25) is 0 Å². The summed E-state index contributed by atoms with van der Waals surface area (Å²) in [7, 11) is 1.86. The van der Waals surface area contributed by atoms with Crippen LogP contribution in [0.1, 0.15) is 17.2 Å². The fourth-order valence-electron chi connectivity index (χ4n) is 1.86. The van der Waals surface area contributed by atoms with E-state index in [9.17, 15) is 4.79 Å². The quantitative estimate of drug-likeness (QED) is 0.756. The Morgan fingerprint density at radius 2 is 2.06 bits per heavy atom. The van der Waals surface area contributed by atoms with E-state index < -0.39 is 0 Å². The van der Waals surface area contributed by atoms with Gasteiger partial charge >= 0.3 is 0 Å². The van der Waals surface area contributed by atoms with Crippen molar-refractivity contribution in [2.75, 3.05) is 20.1 Å². The zero-order valence-corrected chi connectivity index (χ0v) is 9.81. The van der Waals surface area contributed by atoms with Crippen LogP contribution in [0, 0.1) is 6.92 Å². The predicted molar refractivity (Wildman–Crippen MR) is 64.8 cm³/mol. The highest BCUT2D eigenvalue weighted by Crippen LogP contribution is 2.21. The molecule has 0 aliphatic rings. The van der Waals surface area contributed by atoms with E-state index in [1.807, 2.05) is 43.1 Å². The summed E-state index contributed by atoms with van der Waals surface area (Å²) in [5.74, 6) is -0.338. The number of carbonyl (C=O) groups is 1. The zero-order chi connectivity index (χ0) is 12.1. The van der Waals surface area contributed by atoms with Crippen LogP contribution in [0.15, 0.2) is 24.3 Å². The number of benzene rings is 1. The number of amides is 1. The van der Waals surface area contributed by atoms with Crippen molar-refractivity contribution >= 4 is 5.91 Å². The van der Waals surface area contributed by atoms with E-state index in [0.717, 1.165) is 5.56 Å². The molecule has 1 rings (SSSR count). The summed E-state index contributed by atoms with van der Waals surface area (Å²) < 4.78 is 0. The number of carbonyl (C=O) groups excluding carboxylic acids is 1. The molecule has 1 amide bonds. The Kier molecular flexibility index (Phi) is 4.46. The third-order valence-corrected chi connectivity index (χ3v) is 2.71. The van der Waals surface area contributed by atoms with Gasteiger partial charge in [-0.1, -0.05) is 24.3 Å². The molecule has 0 fully saturated rings. The molecule has 0 saturated carbocycles. The van der Waals surface area contributed by atoms with Crippen molar-refractivity contribution in [3.63, 3.8) is 0 Å². The lowest BCUT2D eigenvalue weighted by Crippen LogP contribution is -2.37. The zero-order valence-electron chi connectivity index (χ0n) is 9.81. The number of aryl methyl sites for hydroxylation is 1. The molecule has 1 aromatic carbocycles. The van der Waals surface area contributed by atoms with Gasteiger partial charge < -0.3 is 11.5 Å². The maximum absolute atomic E-state index is 10.9. The lowest BCUT2D eigenvalue weighted by atomic mass is 10.0. The summed E-state index contributed by atoms with van der Waals surface area (Å²) >= 11 is 0.